The average molecular weight is 840 g/mol. The van der Waals surface area contributed by atoms with Crippen molar-refractivity contribution in [1.29, 1.82) is 0 Å². The average Bonchev–Trinajstić information content (AvgIpc) is 3.30. The number of carbonyl (C=O) groups excluding carboxylic acids is 3. The molecular formula is C45H77N9O6. The van der Waals surface area contributed by atoms with Gasteiger partial charge in [-0.2, -0.15) is 0 Å². The summed E-state index contributed by atoms with van der Waals surface area (Å²) < 4.78 is 16.0. The number of morpholine rings is 3. The molecule has 3 aliphatic heterocycles. The van der Waals surface area contributed by atoms with Crippen LogP contribution < -0.4 is 43.0 Å². The van der Waals surface area contributed by atoms with Crippen molar-refractivity contribution in [2.75, 3.05) is 106 Å². The summed E-state index contributed by atoms with van der Waals surface area (Å²) in [4.78, 5) is 43.0. The van der Waals surface area contributed by atoms with Gasteiger partial charge in [0.05, 0.1) is 69.1 Å². The van der Waals surface area contributed by atoms with Crippen molar-refractivity contribution in [3.63, 3.8) is 0 Å². The van der Waals surface area contributed by atoms with Crippen molar-refractivity contribution in [3.05, 3.63) is 48.5 Å². The van der Waals surface area contributed by atoms with Gasteiger partial charge < -0.3 is 57.2 Å². The monoisotopic (exact) mass is 840 g/mol. The van der Waals surface area contributed by atoms with E-state index in [0.717, 1.165) is 108 Å². The number of nitrogens with two attached hydrogens (primary N) is 3. The smallest absolute Gasteiger partial charge is 0.241 e. The molecule has 0 radical (unpaired) electrons. The van der Waals surface area contributed by atoms with Crippen LogP contribution in [-0.2, 0) is 28.6 Å². The van der Waals surface area contributed by atoms with E-state index < -0.39 is 18.1 Å². The van der Waals surface area contributed by atoms with Crippen molar-refractivity contribution >= 4 is 40.5 Å². The summed E-state index contributed by atoms with van der Waals surface area (Å²) in [7, 11) is 0. The number of nitrogens with zero attached hydrogens (tertiary/aromatic N) is 3. The third-order valence-corrected chi connectivity index (χ3v) is 11.9. The van der Waals surface area contributed by atoms with Gasteiger partial charge in [-0.15, -0.1) is 0 Å². The molecule has 0 bridgehead atoms. The first-order valence-electron chi connectivity index (χ1n) is 22.1. The molecular weight excluding hydrogens is 763 g/mol. The summed E-state index contributed by atoms with van der Waals surface area (Å²) in [6.07, 6.45) is 2.71. The first-order valence-corrected chi connectivity index (χ1v) is 22.1. The molecule has 3 aliphatic rings. The zero-order chi connectivity index (χ0) is 44.0. The molecule has 0 aliphatic carbocycles. The third kappa shape index (κ3) is 16.6. The van der Waals surface area contributed by atoms with E-state index in [4.69, 9.17) is 31.4 Å². The van der Waals surface area contributed by atoms with E-state index in [2.05, 4.69) is 37.6 Å². The van der Waals surface area contributed by atoms with Crippen LogP contribution in [0.25, 0.3) is 0 Å². The zero-order valence-electron chi connectivity index (χ0n) is 37.5. The minimum Gasteiger partial charge on any atom is -0.379 e. The molecule has 2 aromatic rings. The summed E-state index contributed by atoms with van der Waals surface area (Å²) in [5, 5.41) is 8.80. The number of para-hydroxylation sites is 2. The van der Waals surface area contributed by atoms with Gasteiger partial charge >= 0.3 is 0 Å². The van der Waals surface area contributed by atoms with Gasteiger partial charge in [-0.05, 0) is 61.1 Å². The van der Waals surface area contributed by atoms with Gasteiger partial charge in [-0.3, -0.25) is 19.3 Å². The zero-order valence-corrected chi connectivity index (χ0v) is 37.5. The standard InChI is InChI=1S/2C16H25N3O2.C13H27N3O2/c1-3-12(2)15(17)16(20)18-13-4-6-14(7-5-13)19-8-10-21-11-9-19;1-3-12(2)15(17)16(20)18-13-6-4-5-7-14(13)19-8-10-21-11-9-19;1-4-10(2)12(14)13(17)15-9-11(3)16-5-7-18-8-6-16/h2*4-7,12,15H,3,8-11,17H2,1-2H3,(H,18,20);10-12H,4-9,14H2,1-3H3,(H,15,17). The van der Waals surface area contributed by atoms with Gasteiger partial charge in [0.2, 0.25) is 17.7 Å². The Morgan fingerprint density at radius 2 is 1.02 bits per heavy atom. The fraction of sp³-hybridized carbons (Fsp3) is 0.667. The van der Waals surface area contributed by atoms with Crippen LogP contribution in [0.5, 0.6) is 0 Å². The molecule has 7 unspecified atom stereocenters. The van der Waals surface area contributed by atoms with Crippen molar-refractivity contribution < 1.29 is 28.6 Å². The van der Waals surface area contributed by atoms with Gasteiger partial charge in [0.15, 0.2) is 0 Å². The van der Waals surface area contributed by atoms with E-state index in [1.807, 2.05) is 90.1 Å². The lowest BCUT2D eigenvalue weighted by Crippen LogP contribution is -2.51. The lowest BCUT2D eigenvalue weighted by atomic mass is 9.99. The largest absolute Gasteiger partial charge is 0.379 e. The molecule has 3 fully saturated rings. The van der Waals surface area contributed by atoms with Gasteiger partial charge in [0.25, 0.3) is 0 Å². The van der Waals surface area contributed by atoms with Crippen LogP contribution >= 0.6 is 0 Å². The van der Waals surface area contributed by atoms with E-state index in [1.165, 1.54) is 0 Å². The summed E-state index contributed by atoms with van der Waals surface area (Å²) in [5.41, 5.74) is 21.6. The number of amides is 3. The summed E-state index contributed by atoms with van der Waals surface area (Å²) in [6, 6.07) is 14.7. The molecule has 0 saturated carbocycles. The fourth-order valence-electron chi connectivity index (χ4n) is 6.73. The highest BCUT2D eigenvalue weighted by atomic mass is 16.5. The highest BCUT2D eigenvalue weighted by molar-refractivity contribution is 5.98. The number of hydrogen-bond acceptors (Lipinski definition) is 12. The Balaban J connectivity index is 0.000000241. The minimum atomic E-state index is -0.479. The number of hydrogen-bond donors (Lipinski definition) is 6. The van der Waals surface area contributed by atoms with E-state index in [9.17, 15) is 14.4 Å². The first-order chi connectivity index (χ1) is 28.8. The molecule has 0 spiro atoms. The predicted octanol–water partition coefficient (Wildman–Crippen LogP) is 3.87. The molecule has 3 heterocycles. The molecule has 9 N–H and O–H groups in total. The highest BCUT2D eigenvalue weighted by Crippen LogP contribution is 2.27. The molecule has 3 saturated heterocycles. The number of ether oxygens (including phenoxy) is 3. The highest BCUT2D eigenvalue weighted by Gasteiger charge is 2.24. The second kappa shape index (κ2) is 27.2. The lowest BCUT2D eigenvalue weighted by molar-refractivity contribution is -0.123. The van der Waals surface area contributed by atoms with Crippen molar-refractivity contribution in [2.24, 2.45) is 35.0 Å². The van der Waals surface area contributed by atoms with Crippen LogP contribution in [0.3, 0.4) is 0 Å². The number of carbonyl (C=O) groups is 3. The second-order valence-electron chi connectivity index (χ2n) is 16.2. The number of nitrogens with one attached hydrogen (secondary N) is 3. The summed E-state index contributed by atoms with van der Waals surface area (Å²) in [6.45, 7) is 24.8. The Morgan fingerprint density at radius 1 is 0.583 bits per heavy atom. The molecule has 2 aromatic carbocycles. The molecule has 7 atom stereocenters. The number of benzene rings is 2. The van der Waals surface area contributed by atoms with E-state index in [0.29, 0.717) is 25.8 Å². The molecule has 3 amide bonds. The predicted molar refractivity (Wildman–Crippen MR) is 243 cm³/mol. The maximum Gasteiger partial charge on any atom is 0.241 e. The Hall–Kier alpha value is -3.83. The third-order valence-electron chi connectivity index (χ3n) is 11.9. The first kappa shape index (κ1) is 50.5. The van der Waals surface area contributed by atoms with Gasteiger partial charge in [-0.1, -0.05) is 72.9 Å². The Kier molecular flexibility index (Phi) is 22.9. The van der Waals surface area contributed by atoms with Crippen molar-refractivity contribution in [3.8, 4) is 0 Å². The van der Waals surface area contributed by atoms with Gasteiger partial charge in [0, 0.05) is 63.2 Å². The van der Waals surface area contributed by atoms with Gasteiger partial charge in [-0.25, -0.2) is 0 Å². The second-order valence-corrected chi connectivity index (χ2v) is 16.2. The van der Waals surface area contributed by atoms with Crippen molar-refractivity contribution in [2.45, 2.75) is 91.9 Å². The quantitative estimate of drug-likeness (QED) is 0.143. The van der Waals surface area contributed by atoms with Crippen LogP contribution in [0.4, 0.5) is 22.7 Å². The molecule has 0 aromatic heterocycles. The Morgan fingerprint density at radius 3 is 1.52 bits per heavy atom. The van der Waals surface area contributed by atoms with E-state index >= 15 is 0 Å². The Labute approximate surface area is 359 Å². The fourth-order valence-corrected chi connectivity index (χ4v) is 6.73. The van der Waals surface area contributed by atoms with Crippen LogP contribution in [0, 0.1) is 17.8 Å². The van der Waals surface area contributed by atoms with Crippen molar-refractivity contribution in [1.82, 2.24) is 10.2 Å². The number of rotatable bonds is 16. The molecule has 338 valence electrons. The van der Waals surface area contributed by atoms with E-state index in [1.54, 1.807) is 0 Å². The topological polar surface area (TPSA) is 203 Å². The van der Waals surface area contributed by atoms with Crippen LogP contribution in [-0.4, -0.2) is 132 Å². The Bertz CT molecular complexity index is 1530. The molecule has 15 heteroatoms. The lowest BCUT2D eigenvalue weighted by Gasteiger charge is -2.32. The minimum absolute atomic E-state index is 0.0375. The summed E-state index contributed by atoms with van der Waals surface area (Å²) >= 11 is 0. The molecule has 15 nitrogen and oxygen atoms in total. The van der Waals surface area contributed by atoms with Crippen LogP contribution in [0.1, 0.15) is 67.7 Å². The molecule has 5 rings (SSSR count). The van der Waals surface area contributed by atoms with E-state index in [-0.39, 0.29) is 35.5 Å². The SMILES string of the molecule is CCC(C)C(N)C(=O)NCC(C)N1CCOCC1.CCC(C)C(N)C(=O)Nc1ccc(N2CCOCC2)cc1.CCC(C)C(N)C(=O)Nc1ccccc1N1CCOCC1. The summed E-state index contributed by atoms with van der Waals surface area (Å²) in [5.74, 6) is 0.292. The number of anilines is 4. The van der Waals surface area contributed by atoms with Gasteiger partial charge in [0.1, 0.15) is 0 Å². The van der Waals surface area contributed by atoms with Crippen LogP contribution in [0.15, 0.2) is 48.5 Å². The normalized spacial score (nSPS) is 19.4. The van der Waals surface area contributed by atoms with Crippen LogP contribution in [0.2, 0.25) is 0 Å². The molecule has 60 heavy (non-hydrogen) atoms. The maximum atomic E-state index is 12.3. The maximum absolute atomic E-state index is 12.3.